The lowest BCUT2D eigenvalue weighted by Gasteiger charge is -2.13. The molecule has 2 N–H and O–H groups in total. The number of benzene rings is 1. The van der Waals surface area contributed by atoms with Crippen LogP contribution in [0.5, 0.6) is 0 Å². The molecule has 1 fully saturated rings. The van der Waals surface area contributed by atoms with Gasteiger partial charge in [0.25, 0.3) is 0 Å². The Balaban J connectivity index is 1.64. The van der Waals surface area contributed by atoms with Crippen molar-refractivity contribution in [2.75, 3.05) is 38.0 Å². The van der Waals surface area contributed by atoms with Crippen LogP contribution in [0.2, 0.25) is 5.02 Å². The number of halogens is 1. The molecule has 1 saturated heterocycles. The second-order valence-corrected chi connectivity index (χ2v) is 5.67. The lowest BCUT2D eigenvalue weighted by Crippen LogP contribution is -2.32. The molecule has 110 valence electrons. The van der Waals surface area contributed by atoms with Crippen molar-refractivity contribution in [2.24, 2.45) is 5.92 Å². The number of carbonyl (C=O) groups excluding carboxylic acids is 1. The van der Waals surface area contributed by atoms with Gasteiger partial charge in [-0.25, -0.2) is 0 Å². The number of nitrogens with one attached hydrogen (secondary N) is 2. The minimum absolute atomic E-state index is 0.0160. The number of hydrogen-bond acceptors (Lipinski definition) is 3. The Morgan fingerprint density at radius 1 is 1.40 bits per heavy atom. The predicted octanol–water partition coefficient (Wildman–Crippen LogP) is 2.21. The van der Waals surface area contributed by atoms with Crippen LogP contribution in [-0.2, 0) is 4.79 Å². The minimum Gasteiger partial charge on any atom is -0.325 e. The molecular weight excluding hydrogens is 274 g/mol. The van der Waals surface area contributed by atoms with E-state index in [0.717, 1.165) is 25.3 Å². The summed E-state index contributed by atoms with van der Waals surface area (Å²) in [6.45, 7) is 6.89. The van der Waals surface area contributed by atoms with Crippen molar-refractivity contribution in [3.8, 4) is 0 Å². The summed E-state index contributed by atoms with van der Waals surface area (Å²) in [7, 11) is 0. The highest BCUT2D eigenvalue weighted by atomic mass is 35.5. The molecule has 0 aromatic heterocycles. The van der Waals surface area contributed by atoms with Gasteiger partial charge in [0.1, 0.15) is 0 Å². The van der Waals surface area contributed by atoms with Crippen LogP contribution in [0.3, 0.4) is 0 Å². The number of amides is 1. The van der Waals surface area contributed by atoms with Gasteiger partial charge in [-0.1, -0.05) is 18.5 Å². The number of carbonyl (C=O) groups is 1. The van der Waals surface area contributed by atoms with E-state index in [4.69, 9.17) is 11.6 Å². The zero-order valence-electron chi connectivity index (χ0n) is 11.9. The molecule has 0 spiro atoms. The maximum atomic E-state index is 11.8. The van der Waals surface area contributed by atoms with Crippen molar-refractivity contribution in [1.29, 1.82) is 0 Å². The van der Waals surface area contributed by atoms with Crippen molar-refractivity contribution in [1.82, 2.24) is 10.2 Å². The average molecular weight is 296 g/mol. The smallest absolute Gasteiger partial charge is 0.238 e. The summed E-state index contributed by atoms with van der Waals surface area (Å²) in [6.07, 6.45) is 1.22. The lowest BCUT2D eigenvalue weighted by atomic mass is 10.1. The van der Waals surface area contributed by atoms with Gasteiger partial charge in [-0.15, -0.1) is 0 Å². The van der Waals surface area contributed by atoms with Crippen molar-refractivity contribution in [3.05, 3.63) is 29.3 Å². The molecule has 0 radical (unpaired) electrons. The Kier molecular flexibility index (Phi) is 5.83. The zero-order chi connectivity index (χ0) is 14.4. The highest BCUT2D eigenvalue weighted by molar-refractivity contribution is 6.30. The molecule has 0 bridgehead atoms. The van der Waals surface area contributed by atoms with Crippen molar-refractivity contribution >= 4 is 23.2 Å². The molecule has 1 aliphatic heterocycles. The molecule has 1 amide bonds. The normalized spacial score (nSPS) is 19.2. The van der Waals surface area contributed by atoms with E-state index in [2.05, 4.69) is 22.5 Å². The number of hydrogen-bond donors (Lipinski definition) is 2. The monoisotopic (exact) mass is 295 g/mol. The van der Waals surface area contributed by atoms with Crippen LogP contribution >= 0.6 is 11.6 Å². The summed E-state index contributed by atoms with van der Waals surface area (Å²) < 4.78 is 0. The first-order chi connectivity index (χ1) is 9.67. The van der Waals surface area contributed by atoms with Crippen molar-refractivity contribution in [3.63, 3.8) is 0 Å². The largest absolute Gasteiger partial charge is 0.325 e. The van der Waals surface area contributed by atoms with E-state index in [9.17, 15) is 4.79 Å². The Hall–Kier alpha value is -1.10. The van der Waals surface area contributed by atoms with Crippen LogP contribution in [0.1, 0.15) is 13.3 Å². The molecule has 5 heteroatoms. The molecule has 0 aliphatic carbocycles. The number of anilines is 1. The molecule has 1 heterocycles. The van der Waals surface area contributed by atoms with Gasteiger partial charge in [0, 0.05) is 17.3 Å². The van der Waals surface area contributed by atoms with Crippen molar-refractivity contribution < 1.29 is 4.79 Å². The van der Waals surface area contributed by atoms with Crippen molar-refractivity contribution in [2.45, 2.75) is 13.3 Å². The fourth-order valence-electron chi connectivity index (χ4n) is 2.49. The maximum absolute atomic E-state index is 11.8. The molecule has 1 aromatic carbocycles. The van der Waals surface area contributed by atoms with E-state index in [1.807, 2.05) is 0 Å². The minimum atomic E-state index is -0.0160. The average Bonchev–Trinajstić information content (AvgIpc) is 2.89. The molecule has 1 atom stereocenters. The van der Waals surface area contributed by atoms with Gasteiger partial charge in [0.2, 0.25) is 5.91 Å². The van der Waals surface area contributed by atoms with Gasteiger partial charge in [0.15, 0.2) is 0 Å². The Morgan fingerprint density at radius 2 is 2.15 bits per heavy atom. The van der Waals surface area contributed by atoms with Gasteiger partial charge >= 0.3 is 0 Å². The fraction of sp³-hybridized carbons (Fsp3) is 0.533. The summed E-state index contributed by atoms with van der Waals surface area (Å²) in [6, 6.07) is 7.14. The van der Waals surface area contributed by atoms with Gasteiger partial charge < -0.3 is 15.5 Å². The van der Waals surface area contributed by atoms with Crippen LogP contribution < -0.4 is 10.6 Å². The number of likely N-dealkylation sites (tertiary alicyclic amines) is 1. The molecule has 4 nitrogen and oxygen atoms in total. The summed E-state index contributed by atoms with van der Waals surface area (Å²) >= 11 is 5.80. The van der Waals surface area contributed by atoms with Gasteiger partial charge in [-0.05, 0) is 56.2 Å². The van der Waals surface area contributed by atoms with Crippen LogP contribution in [-0.4, -0.2) is 43.5 Å². The summed E-state index contributed by atoms with van der Waals surface area (Å²) in [5.41, 5.74) is 0.777. The number of nitrogens with zero attached hydrogens (tertiary/aromatic N) is 1. The summed E-state index contributed by atoms with van der Waals surface area (Å²) in [5.74, 6) is 0.649. The maximum Gasteiger partial charge on any atom is 0.238 e. The van der Waals surface area contributed by atoms with E-state index in [1.165, 1.54) is 13.0 Å². The second-order valence-electron chi connectivity index (χ2n) is 5.23. The number of rotatable bonds is 6. The highest BCUT2D eigenvalue weighted by Crippen LogP contribution is 2.15. The lowest BCUT2D eigenvalue weighted by molar-refractivity contribution is -0.115. The summed E-state index contributed by atoms with van der Waals surface area (Å²) in [4.78, 5) is 14.2. The third kappa shape index (κ3) is 4.78. The van der Waals surface area contributed by atoms with E-state index >= 15 is 0 Å². The van der Waals surface area contributed by atoms with E-state index in [0.29, 0.717) is 17.5 Å². The van der Waals surface area contributed by atoms with Gasteiger partial charge in [-0.2, -0.15) is 0 Å². The SMILES string of the molecule is CCN1CCC(CNCC(=O)Nc2ccc(Cl)cc2)C1. The third-order valence-corrected chi connectivity index (χ3v) is 3.92. The molecule has 1 aromatic rings. The fourth-order valence-corrected chi connectivity index (χ4v) is 2.62. The topological polar surface area (TPSA) is 44.4 Å². The molecule has 0 saturated carbocycles. The van der Waals surface area contributed by atoms with E-state index < -0.39 is 0 Å². The molecule has 20 heavy (non-hydrogen) atoms. The molecule has 2 rings (SSSR count). The predicted molar refractivity (Wildman–Crippen MR) is 83.2 cm³/mol. The highest BCUT2D eigenvalue weighted by Gasteiger charge is 2.20. The molecular formula is C15H22ClN3O. The molecule has 1 unspecified atom stereocenters. The first-order valence-electron chi connectivity index (χ1n) is 7.16. The Labute approximate surface area is 125 Å². The standard InChI is InChI=1S/C15H22ClN3O/c1-2-19-8-7-12(11-19)9-17-10-15(20)18-14-5-3-13(16)4-6-14/h3-6,12,17H,2,7-11H2,1H3,(H,18,20). The van der Waals surface area contributed by atoms with Gasteiger partial charge in [0.05, 0.1) is 6.54 Å². The molecule has 1 aliphatic rings. The van der Waals surface area contributed by atoms with E-state index in [1.54, 1.807) is 24.3 Å². The first kappa shape index (κ1) is 15.3. The second kappa shape index (κ2) is 7.62. The zero-order valence-corrected chi connectivity index (χ0v) is 12.6. The quantitative estimate of drug-likeness (QED) is 0.846. The summed E-state index contributed by atoms with van der Waals surface area (Å²) in [5, 5.41) is 6.75. The third-order valence-electron chi connectivity index (χ3n) is 3.66. The van der Waals surface area contributed by atoms with E-state index in [-0.39, 0.29) is 5.91 Å². The van der Waals surface area contributed by atoms with Crippen LogP contribution in [0, 0.1) is 5.92 Å². The van der Waals surface area contributed by atoms with Crippen LogP contribution in [0.25, 0.3) is 0 Å². The Bertz CT molecular complexity index is 435. The van der Waals surface area contributed by atoms with Crippen LogP contribution in [0.15, 0.2) is 24.3 Å². The van der Waals surface area contributed by atoms with Crippen LogP contribution in [0.4, 0.5) is 5.69 Å². The van der Waals surface area contributed by atoms with Gasteiger partial charge in [-0.3, -0.25) is 4.79 Å². The Morgan fingerprint density at radius 3 is 2.80 bits per heavy atom. The first-order valence-corrected chi connectivity index (χ1v) is 7.53.